The van der Waals surface area contributed by atoms with Crippen LogP contribution < -0.4 is 19.5 Å². The van der Waals surface area contributed by atoms with Crippen LogP contribution in [0.2, 0.25) is 5.02 Å². The number of nitrogens with one attached hydrogen (secondary N) is 1. The van der Waals surface area contributed by atoms with Crippen molar-refractivity contribution in [2.45, 2.75) is 6.42 Å². The average molecular weight is 392 g/mol. The predicted octanol–water partition coefficient (Wildman–Crippen LogP) is 3.25. The molecule has 0 saturated carbocycles. The van der Waals surface area contributed by atoms with Gasteiger partial charge in [0, 0.05) is 5.02 Å². The number of carboxylic acid groups (broad SMARTS) is 1. The highest BCUT2D eigenvalue weighted by Crippen LogP contribution is 2.37. The number of hydrogen-bond donors (Lipinski definition) is 2. The molecule has 0 aliphatic carbocycles. The molecule has 7 nitrogen and oxygen atoms in total. The highest BCUT2D eigenvalue weighted by molar-refractivity contribution is 6.30. The number of amides is 1. The van der Waals surface area contributed by atoms with E-state index in [-0.39, 0.29) is 35.3 Å². The van der Waals surface area contributed by atoms with Crippen molar-refractivity contribution in [3.05, 3.63) is 46.5 Å². The van der Waals surface area contributed by atoms with Gasteiger partial charge in [0.05, 0.1) is 31.4 Å². The molecular formula is C19H18ClNO6. The lowest BCUT2D eigenvalue weighted by Gasteiger charge is -2.25. The second-order valence-electron chi connectivity index (χ2n) is 6.02. The minimum Gasteiger partial charge on any atom is -0.493 e. The number of rotatable bonds is 5. The molecule has 27 heavy (non-hydrogen) atoms. The fraction of sp³-hybridized carbons (Fsp3) is 0.263. The van der Waals surface area contributed by atoms with Crippen LogP contribution in [0.15, 0.2) is 30.3 Å². The lowest BCUT2D eigenvalue weighted by atomic mass is 9.96. The van der Waals surface area contributed by atoms with E-state index in [0.717, 1.165) is 5.56 Å². The first-order valence-electron chi connectivity index (χ1n) is 8.14. The molecule has 1 unspecified atom stereocenters. The molecule has 0 radical (unpaired) electrons. The molecule has 0 spiro atoms. The van der Waals surface area contributed by atoms with Crippen LogP contribution in [0.3, 0.4) is 0 Å². The Morgan fingerprint density at radius 3 is 2.67 bits per heavy atom. The van der Waals surface area contributed by atoms with E-state index in [9.17, 15) is 14.7 Å². The smallest absolute Gasteiger partial charge is 0.335 e. The summed E-state index contributed by atoms with van der Waals surface area (Å²) in [5.41, 5.74) is 1.04. The van der Waals surface area contributed by atoms with Crippen LogP contribution in [0.1, 0.15) is 15.9 Å². The maximum atomic E-state index is 12.7. The second-order valence-corrected chi connectivity index (χ2v) is 6.45. The molecule has 0 bridgehead atoms. The van der Waals surface area contributed by atoms with Crippen LogP contribution in [-0.4, -0.2) is 37.8 Å². The Morgan fingerprint density at radius 1 is 1.22 bits per heavy atom. The molecule has 0 aromatic heterocycles. The molecule has 2 aromatic rings. The number of benzene rings is 2. The Kier molecular flexibility index (Phi) is 5.41. The molecule has 8 heteroatoms. The Labute approximate surface area is 160 Å². The fourth-order valence-electron chi connectivity index (χ4n) is 2.95. The zero-order valence-corrected chi connectivity index (χ0v) is 15.5. The third-order valence-corrected chi connectivity index (χ3v) is 4.52. The normalized spacial score (nSPS) is 15.3. The SMILES string of the molecule is COc1cc(C(=O)O)cc(NC(=O)C2COc3ccc(Cl)cc3C2)c1OC. The summed E-state index contributed by atoms with van der Waals surface area (Å²) in [4.78, 5) is 24.1. The van der Waals surface area contributed by atoms with Gasteiger partial charge in [-0.15, -0.1) is 0 Å². The van der Waals surface area contributed by atoms with Crippen LogP contribution >= 0.6 is 11.6 Å². The molecule has 0 fully saturated rings. The van der Waals surface area contributed by atoms with Gasteiger partial charge >= 0.3 is 5.97 Å². The number of methoxy groups -OCH3 is 2. The Balaban J connectivity index is 1.85. The van der Waals surface area contributed by atoms with E-state index in [2.05, 4.69) is 5.32 Å². The summed E-state index contributed by atoms with van der Waals surface area (Å²) in [5, 5.41) is 12.6. The van der Waals surface area contributed by atoms with Crippen molar-refractivity contribution < 1.29 is 28.9 Å². The summed E-state index contributed by atoms with van der Waals surface area (Å²) < 4.78 is 16.1. The molecule has 1 aliphatic heterocycles. The van der Waals surface area contributed by atoms with Gasteiger partial charge in [0.2, 0.25) is 5.91 Å². The van der Waals surface area contributed by atoms with E-state index in [1.54, 1.807) is 18.2 Å². The molecule has 1 amide bonds. The van der Waals surface area contributed by atoms with Crippen molar-refractivity contribution >= 4 is 29.2 Å². The van der Waals surface area contributed by atoms with E-state index in [1.165, 1.54) is 26.4 Å². The van der Waals surface area contributed by atoms with Crippen LogP contribution in [0.25, 0.3) is 0 Å². The Morgan fingerprint density at radius 2 is 2.00 bits per heavy atom. The van der Waals surface area contributed by atoms with Gasteiger partial charge in [0.15, 0.2) is 11.5 Å². The summed E-state index contributed by atoms with van der Waals surface area (Å²) >= 11 is 6.01. The molecule has 2 N–H and O–H groups in total. The van der Waals surface area contributed by atoms with Crippen molar-refractivity contribution in [3.63, 3.8) is 0 Å². The largest absolute Gasteiger partial charge is 0.493 e. The summed E-state index contributed by atoms with van der Waals surface area (Å²) in [6.07, 6.45) is 0.458. The van der Waals surface area contributed by atoms with Crippen LogP contribution in [0, 0.1) is 5.92 Å². The van der Waals surface area contributed by atoms with Gasteiger partial charge < -0.3 is 24.6 Å². The first-order valence-corrected chi connectivity index (χ1v) is 8.52. The Bertz CT molecular complexity index is 898. The number of hydrogen-bond acceptors (Lipinski definition) is 5. The van der Waals surface area contributed by atoms with Crippen LogP contribution in [0.5, 0.6) is 17.2 Å². The maximum Gasteiger partial charge on any atom is 0.335 e. The predicted molar refractivity (Wildman–Crippen MR) is 99.3 cm³/mol. The van der Waals surface area contributed by atoms with Crippen LogP contribution in [-0.2, 0) is 11.2 Å². The number of halogens is 1. The Hall–Kier alpha value is -2.93. The van der Waals surface area contributed by atoms with E-state index >= 15 is 0 Å². The van der Waals surface area contributed by atoms with Gasteiger partial charge in [-0.3, -0.25) is 4.79 Å². The number of carboxylic acids is 1. The molecular weight excluding hydrogens is 374 g/mol. The van der Waals surface area contributed by atoms with Crippen molar-refractivity contribution in [2.24, 2.45) is 5.92 Å². The van der Waals surface area contributed by atoms with E-state index in [1.807, 2.05) is 0 Å². The third-order valence-electron chi connectivity index (χ3n) is 4.28. The summed E-state index contributed by atoms with van der Waals surface area (Å²) in [5.74, 6) is -0.754. The highest BCUT2D eigenvalue weighted by Gasteiger charge is 2.28. The van der Waals surface area contributed by atoms with E-state index in [0.29, 0.717) is 17.2 Å². The van der Waals surface area contributed by atoms with Gasteiger partial charge in [-0.25, -0.2) is 4.79 Å². The fourth-order valence-corrected chi connectivity index (χ4v) is 3.14. The standard InChI is InChI=1S/C19H18ClNO6/c1-25-16-8-11(19(23)24)7-14(17(16)26-2)21-18(22)12-5-10-6-13(20)3-4-15(10)27-9-12/h3-4,6-8,12H,5,9H2,1-2H3,(H,21,22)(H,23,24). The molecule has 2 aromatic carbocycles. The lowest BCUT2D eigenvalue weighted by molar-refractivity contribution is -0.121. The molecule has 0 saturated heterocycles. The quantitative estimate of drug-likeness (QED) is 0.812. The number of carbonyl (C=O) groups excluding carboxylic acids is 1. The van der Waals surface area contributed by atoms with Crippen molar-refractivity contribution in [2.75, 3.05) is 26.1 Å². The average Bonchev–Trinajstić information content (AvgIpc) is 2.66. The van der Waals surface area contributed by atoms with Crippen molar-refractivity contribution in [1.82, 2.24) is 0 Å². The molecule has 1 heterocycles. The lowest BCUT2D eigenvalue weighted by Crippen LogP contribution is -2.32. The highest BCUT2D eigenvalue weighted by atomic mass is 35.5. The van der Waals surface area contributed by atoms with Gasteiger partial charge in [-0.1, -0.05) is 11.6 Å². The monoisotopic (exact) mass is 391 g/mol. The summed E-state index contributed by atoms with van der Waals surface area (Å²) in [6, 6.07) is 7.94. The minimum absolute atomic E-state index is 0.0278. The molecule has 1 aliphatic rings. The number of carbonyl (C=O) groups is 2. The number of anilines is 1. The minimum atomic E-state index is -1.14. The maximum absolute atomic E-state index is 12.7. The van der Waals surface area contributed by atoms with Crippen molar-refractivity contribution in [1.29, 1.82) is 0 Å². The second kappa shape index (κ2) is 7.75. The molecule has 3 rings (SSSR count). The van der Waals surface area contributed by atoms with E-state index < -0.39 is 11.9 Å². The third kappa shape index (κ3) is 3.93. The zero-order chi connectivity index (χ0) is 19.6. The number of ether oxygens (including phenoxy) is 3. The van der Waals surface area contributed by atoms with Crippen molar-refractivity contribution in [3.8, 4) is 17.2 Å². The van der Waals surface area contributed by atoms with Gasteiger partial charge in [0.25, 0.3) is 0 Å². The van der Waals surface area contributed by atoms with Gasteiger partial charge in [-0.2, -0.15) is 0 Å². The first-order chi connectivity index (χ1) is 12.9. The summed E-state index contributed by atoms with van der Waals surface area (Å²) in [7, 11) is 2.81. The number of fused-ring (bicyclic) bond motifs is 1. The summed E-state index contributed by atoms with van der Waals surface area (Å²) in [6.45, 7) is 0.207. The van der Waals surface area contributed by atoms with E-state index in [4.69, 9.17) is 25.8 Å². The number of aromatic carboxylic acids is 1. The zero-order valence-electron chi connectivity index (χ0n) is 14.7. The molecule has 142 valence electrons. The molecule has 1 atom stereocenters. The first kappa shape index (κ1) is 18.8. The topological polar surface area (TPSA) is 94.1 Å². The van der Waals surface area contributed by atoms with Gasteiger partial charge in [0.1, 0.15) is 12.4 Å². The van der Waals surface area contributed by atoms with Crippen LogP contribution in [0.4, 0.5) is 5.69 Å². The van der Waals surface area contributed by atoms with Gasteiger partial charge in [-0.05, 0) is 42.3 Å².